The Kier molecular flexibility index (Phi) is 3.85. The van der Waals surface area contributed by atoms with Crippen molar-refractivity contribution >= 4 is 11.5 Å². The average Bonchev–Trinajstić information content (AvgIpc) is 2.42. The van der Waals surface area contributed by atoms with E-state index in [4.69, 9.17) is 10.5 Å². The van der Waals surface area contributed by atoms with Crippen LogP contribution in [0.2, 0.25) is 0 Å². The first-order valence-electron chi connectivity index (χ1n) is 6.18. The van der Waals surface area contributed by atoms with Crippen LogP contribution in [0.5, 0.6) is 11.6 Å². The van der Waals surface area contributed by atoms with Gasteiger partial charge in [-0.1, -0.05) is 26.0 Å². The Balaban J connectivity index is 2.21. The van der Waals surface area contributed by atoms with Crippen molar-refractivity contribution in [1.29, 1.82) is 0 Å². The van der Waals surface area contributed by atoms with Crippen LogP contribution in [0.3, 0.4) is 0 Å². The van der Waals surface area contributed by atoms with Crippen LogP contribution in [-0.2, 0) is 0 Å². The molecule has 1 aromatic carbocycles. The summed E-state index contributed by atoms with van der Waals surface area (Å²) < 4.78 is 5.67. The molecular weight excluding hydrogens is 240 g/mol. The molecule has 19 heavy (non-hydrogen) atoms. The average molecular weight is 258 g/mol. The Morgan fingerprint density at radius 1 is 1.16 bits per heavy atom. The first-order chi connectivity index (χ1) is 9.11. The molecule has 0 aliphatic carbocycles. The Morgan fingerprint density at radius 3 is 2.42 bits per heavy atom. The van der Waals surface area contributed by atoms with Crippen molar-refractivity contribution in [3.63, 3.8) is 0 Å². The number of rotatable bonds is 4. The van der Waals surface area contributed by atoms with E-state index >= 15 is 0 Å². The third-order valence-corrected chi connectivity index (χ3v) is 2.85. The van der Waals surface area contributed by atoms with Gasteiger partial charge < -0.3 is 15.8 Å². The first-order valence-corrected chi connectivity index (χ1v) is 6.18. The number of nitrogen functional groups attached to an aromatic ring is 1. The third-order valence-electron chi connectivity index (χ3n) is 2.85. The fourth-order valence-electron chi connectivity index (χ4n) is 1.69. The highest BCUT2D eigenvalue weighted by Crippen LogP contribution is 2.29. The summed E-state index contributed by atoms with van der Waals surface area (Å²) >= 11 is 0. The summed E-state index contributed by atoms with van der Waals surface area (Å²) in [6.45, 7) is 4.30. The minimum atomic E-state index is 0.358. The lowest BCUT2D eigenvalue weighted by Crippen LogP contribution is -2.02. The van der Waals surface area contributed by atoms with Gasteiger partial charge in [0, 0.05) is 7.05 Å². The van der Waals surface area contributed by atoms with E-state index < -0.39 is 0 Å². The summed E-state index contributed by atoms with van der Waals surface area (Å²) in [6.07, 6.45) is 1.42. The van der Waals surface area contributed by atoms with Crippen molar-refractivity contribution in [2.24, 2.45) is 0 Å². The molecule has 0 saturated carbocycles. The minimum Gasteiger partial charge on any atom is -0.437 e. The van der Waals surface area contributed by atoms with Crippen LogP contribution in [0.1, 0.15) is 25.3 Å². The molecule has 5 nitrogen and oxygen atoms in total. The van der Waals surface area contributed by atoms with Gasteiger partial charge in [0.05, 0.1) is 0 Å². The number of nitrogens with one attached hydrogen (secondary N) is 1. The van der Waals surface area contributed by atoms with E-state index in [2.05, 4.69) is 29.1 Å². The predicted octanol–water partition coefficient (Wildman–Crippen LogP) is 3.02. The lowest BCUT2D eigenvalue weighted by molar-refractivity contribution is 0.464. The lowest BCUT2D eigenvalue weighted by Gasteiger charge is -2.10. The number of anilines is 2. The molecule has 100 valence electrons. The fourth-order valence-corrected chi connectivity index (χ4v) is 1.69. The number of hydrogen-bond donors (Lipinski definition) is 2. The van der Waals surface area contributed by atoms with Crippen LogP contribution >= 0.6 is 0 Å². The Labute approximate surface area is 112 Å². The highest BCUT2D eigenvalue weighted by molar-refractivity contribution is 5.66. The van der Waals surface area contributed by atoms with Gasteiger partial charge in [-0.05, 0) is 23.6 Å². The number of ether oxygens (including phenoxy) is 1. The topological polar surface area (TPSA) is 73.1 Å². The molecule has 0 aliphatic rings. The molecule has 0 bridgehead atoms. The second-order valence-electron chi connectivity index (χ2n) is 4.52. The number of benzene rings is 1. The second kappa shape index (κ2) is 5.56. The summed E-state index contributed by atoms with van der Waals surface area (Å²) in [5.41, 5.74) is 7.57. The first kappa shape index (κ1) is 13.1. The molecule has 2 aromatic rings. The molecular formula is C14H18N4O. The van der Waals surface area contributed by atoms with Crippen molar-refractivity contribution in [2.75, 3.05) is 18.1 Å². The summed E-state index contributed by atoms with van der Waals surface area (Å²) in [5, 5.41) is 2.89. The van der Waals surface area contributed by atoms with Gasteiger partial charge in [-0.15, -0.1) is 0 Å². The maximum Gasteiger partial charge on any atom is 0.248 e. The Hall–Kier alpha value is -2.30. The predicted molar refractivity (Wildman–Crippen MR) is 76.6 cm³/mol. The Bertz CT molecular complexity index is 552. The van der Waals surface area contributed by atoms with E-state index in [0.29, 0.717) is 29.1 Å². The largest absolute Gasteiger partial charge is 0.437 e. The van der Waals surface area contributed by atoms with E-state index in [0.717, 1.165) is 0 Å². The molecule has 3 N–H and O–H groups in total. The SMILES string of the molecule is CNc1ncnc(Oc2ccc(C(C)C)cc2)c1N. The molecule has 1 heterocycles. The van der Waals surface area contributed by atoms with Gasteiger partial charge in [0.15, 0.2) is 5.82 Å². The number of hydrogen-bond acceptors (Lipinski definition) is 5. The zero-order valence-corrected chi connectivity index (χ0v) is 11.3. The van der Waals surface area contributed by atoms with Gasteiger partial charge in [0.2, 0.25) is 5.88 Å². The third kappa shape index (κ3) is 2.93. The monoisotopic (exact) mass is 258 g/mol. The standard InChI is InChI=1S/C14H18N4O/c1-9(2)10-4-6-11(7-5-10)19-14-12(15)13(16-3)17-8-18-14/h4-9H,15H2,1-3H3,(H,16,17,18). The van der Waals surface area contributed by atoms with Gasteiger partial charge in [-0.25, -0.2) is 4.98 Å². The van der Waals surface area contributed by atoms with Gasteiger partial charge in [-0.2, -0.15) is 4.98 Å². The number of nitrogens with zero attached hydrogens (tertiary/aromatic N) is 2. The number of nitrogens with two attached hydrogens (primary N) is 1. The van der Waals surface area contributed by atoms with E-state index in [-0.39, 0.29) is 0 Å². The molecule has 5 heteroatoms. The molecule has 0 fully saturated rings. The molecule has 0 radical (unpaired) electrons. The summed E-state index contributed by atoms with van der Waals surface area (Å²) in [6, 6.07) is 7.90. The maximum atomic E-state index is 5.91. The highest BCUT2D eigenvalue weighted by atomic mass is 16.5. The molecule has 0 aliphatic heterocycles. The van der Waals surface area contributed by atoms with Crippen LogP contribution < -0.4 is 15.8 Å². The highest BCUT2D eigenvalue weighted by Gasteiger charge is 2.09. The summed E-state index contributed by atoms with van der Waals surface area (Å²) in [4.78, 5) is 8.05. The Morgan fingerprint density at radius 2 is 1.84 bits per heavy atom. The van der Waals surface area contributed by atoms with Crippen molar-refractivity contribution in [3.05, 3.63) is 36.2 Å². The van der Waals surface area contributed by atoms with Gasteiger partial charge in [-0.3, -0.25) is 0 Å². The second-order valence-corrected chi connectivity index (χ2v) is 4.52. The van der Waals surface area contributed by atoms with Crippen molar-refractivity contribution in [3.8, 4) is 11.6 Å². The lowest BCUT2D eigenvalue weighted by atomic mass is 10.0. The maximum absolute atomic E-state index is 5.91. The van der Waals surface area contributed by atoms with Crippen molar-refractivity contribution < 1.29 is 4.74 Å². The normalized spacial score (nSPS) is 10.5. The van der Waals surface area contributed by atoms with Gasteiger partial charge in [0.1, 0.15) is 17.8 Å². The van der Waals surface area contributed by atoms with Crippen LogP contribution in [-0.4, -0.2) is 17.0 Å². The molecule has 0 atom stereocenters. The van der Waals surface area contributed by atoms with Crippen LogP contribution in [0.25, 0.3) is 0 Å². The number of aromatic nitrogens is 2. The van der Waals surface area contributed by atoms with E-state index in [1.807, 2.05) is 24.3 Å². The van der Waals surface area contributed by atoms with Gasteiger partial charge in [0.25, 0.3) is 0 Å². The molecule has 2 rings (SSSR count). The van der Waals surface area contributed by atoms with E-state index in [9.17, 15) is 0 Å². The van der Waals surface area contributed by atoms with E-state index in [1.165, 1.54) is 11.9 Å². The summed E-state index contributed by atoms with van der Waals surface area (Å²) in [5.74, 6) is 2.12. The van der Waals surface area contributed by atoms with Crippen LogP contribution in [0.15, 0.2) is 30.6 Å². The molecule has 0 unspecified atom stereocenters. The van der Waals surface area contributed by atoms with Crippen molar-refractivity contribution in [1.82, 2.24) is 9.97 Å². The molecule has 0 spiro atoms. The molecule has 0 amide bonds. The quantitative estimate of drug-likeness (QED) is 0.881. The van der Waals surface area contributed by atoms with E-state index in [1.54, 1.807) is 7.05 Å². The zero-order chi connectivity index (χ0) is 13.8. The fraction of sp³-hybridized carbons (Fsp3) is 0.286. The van der Waals surface area contributed by atoms with Crippen LogP contribution in [0, 0.1) is 0 Å². The summed E-state index contributed by atoms with van der Waals surface area (Å²) in [7, 11) is 1.75. The smallest absolute Gasteiger partial charge is 0.248 e. The van der Waals surface area contributed by atoms with Crippen LogP contribution in [0.4, 0.5) is 11.5 Å². The minimum absolute atomic E-state index is 0.358. The molecule has 1 aromatic heterocycles. The molecule has 0 saturated heterocycles. The van der Waals surface area contributed by atoms with Gasteiger partial charge >= 0.3 is 0 Å². The zero-order valence-electron chi connectivity index (χ0n) is 11.3. The van der Waals surface area contributed by atoms with Crippen molar-refractivity contribution in [2.45, 2.75) is 19.8 Å².